The van der Waals surface area contributed by atoms with Crippen molar-refractivity contribution < 1.29 is 0 Å². The summed E-state index contributed by atoms with van der Waals surface area (Å²) in [6, 6.07) is 70.4. The lowest BCUT2D eigenvalue weighted by molar-refractivity contribution is 1.13. The SMILES string of the molecule is Cc1ccc(N2c3ccc(C)cc3B3c4c2cc(-n2c5ccccc5c5ccccc52)cc4-n2c4c3cccc4c3ccc4c(c5ccccc5n4-c4ccccc4)c32)cc1. The average molecular weight is 777 g/mol. The van der Waals surface area contributed by atoms with E-state index in [1.165, 1.54) is 110 Å². The Morgan fingerprint density at radius 3 is 1.70 bits per heavy atom. The molecule has 284 valence electrons. The van der Waals surface area contributed by atoms with Crippen molar-refractivity contribution in [3.63, 3.8) is 0 Å². The Hall–Kier alpha value is -7.76. The molecule has 0 fully saturated rings. The highest BCUT2D eigenvalue weighted by Gasteiger charge is 2.43. The summed E-state index contributed by atoms with van der Waals surface area (Å²) in [7, 11) is 0. The van der Waals surface area contributed by atoms with Crippen LogP contribution in [0.2, 0.25) is 0 Å². The topological polar surface area (TPSA) is 18.0 Å². The van der Waals surface area contributed by atoms with Crippen LogP contribution in [0.4, 0.5) is 17.1 Å². The van der Waals surface area contributed by atoms with Gasteiger partial charge in [0.05, 0.1) is 33.3 Å². The standard InChI is InChI=1S/C56H37BN4/c1-34-23-26-37(27-24-34)59-49-29-25-35(2)31-45(49)57-44-19-12-18-41-42-28-30-50-53(43-17-8-11-22-48(43)58(50)36-13-4-3-5-14-36)56(42)61(55(41)44)52-33-38(32-51(59)54(52)57)60-46-20-9-6-15-39(46)40-16-7-10-21-47(40)60/h3-33H,1-2H3. The molecular formula is C56H37BN4. The Balaban J connectivity index is 1.21. The van der Waals surface area contributed by atoms with Gasteiger partial charge in [-0.15, -0.1) is 0 Å². The van der Waals surface area contributed by atoms with E-state index in [0.717, 1.165) is 17.1 Å². The molecule has 14 rings (SSSR count). The van der Waals surface area contributed by atoms with Crippen LogP contribution in [-0.2, 0) is 0 Å². The molecule has 2 aliphatic heterocycles. The molecule has 0 aliphatic carbocycles. The maximum atomic E-state index is 2.66. The van der Waals surface area contributed by atoms with Gasteiger partial charge in [0.1, 0.15) is 0 Å². The first-order valence-electron chi connectivity index (χ1n) is 21.3. The average Bonchev–Trinajstić information content (AvgIpc) is 3.95. The van der Waals surface area contributed by atoms with Crippen LogP contribution in [0.25, 0.3) is 82.5 Å². The minimum atomic E-state index is 0.0375. The molecule has 12 aromatic rings. The number of anilines is 3. The molecule has 0 atom stereocenters. The van der Waals surface area contributed by atoms with Crippen molar-refractivity contribution in [3.05, 3.63) is 199 Å². The third-order valence-corrected chi connectivity index (χ3v) is 13.7. The van der Waals surface area contributed by atoms with Gasteiger partial charge in [0.2, 0.25) is 0 Å². The van der Waals surface area contributed by atoms with Gasteiger partial charge >= 0.3 is 0 Å². The fourth-order valence-corrected chi connectivity index (χ4v) is 11.3. The van der Waals surface area contributed by atoms with E-state index in [4.69, 9.17) is 0 Å². The number of rotatable bonds is 3. The van der Waals surface area contributed by atoms with Crippen LogP contribution < -0.4 is 21.3 Å². The monoisotopic (exact) mass is 776 g/mol. The number of para-hydroxylation sites is 5. The summed E-state index contributed by atoms with van der Waals surface area (Å²) in [4.78, 5) is 2.54. The number of nitrogens with zero attached hydrogens (tertiary/aromatic N) is 4. The molecule has 5 heterocycles. The second-order valence-corrected chi connectivity index (χ2v) is 17.1. The van der Waals surface area contributed by atoms with Crippen LogP contribution in [-0.4, -0.2) is 20.4 Å². The lowest BCUT2D eigenvalue weighted by Crippen LogP contribution is -2.60. The predicted octanol–water partition coefficient (Wildman–Crippen LogP) is 12.2. The zero-order valence-electron chi connectivity index (χ0n) is 33.8. The highest BCUT2D eigenvalue weighted by atomic mass is 15.2. The van der Waals surface area contributed by atoms with E-state index in [2.05, 4.69) is 221 Å². The number of hydrogen-bond acceptors (Lipinski definition) is 1. The maximum Gasteiger partial charge on any atom is 0.252 e. The highest BCUT2D eigenvalue weighted by Crippen LogP contribution is 2.46. The normalized spacial score (nSPS) is 13.0. The van der Waals surface area contributed by atoms with E-state index in [1.54, 1.807) is 0 Å². The molecule has 0 radical (unpaired) electrons. The lowest BCUT2D eigenvalue weighted by Gasteiger charge is -2.41. The van der Waals surface area contributed by atoms with Gasteiger partial charge in [-0.2, -0.15) is 0 Å². The Morgan fingerprint density at radius 1 is 0.344 bits per heavy atom. The van der Waals surface area contributed by atoms with Crippen molar-refractivity contribution in [3.8, 4) is 17.1 Å². The number of aromatic nitrogens is 3. The van der Waals surface area contributed by atoms with Gasteiger partial charge in [0, 0.05) is 66.3 Å². The summed E-state index contributed by atoms with van der Waals surface area (Å²) in [6.07, 6.45) is 0. The van der Waals surface area contributed by atoms with E-state index in [0.29, 0.717) is 0 Å². The Kier molecular flexibility index (Phi) is 6.48. The predicted molar refractivity (Wildman–Crippen MR) is 258 cm³/mol. The summed E-state index contributed by atoms with van der Waals surface area (Å²) in [6.45, 7) is 4.45. The smallest absolute Gasteiger partial charge is 0.252 e. The molecule has 3 aromatic heterocycles. The molecule has 9 aromatic carbocycles. The van der Waals surface area contributed by atoms with E-state index in [-0.39, 0.29) is 6.71 Å². The molecular weight excluding hydrogens is 739 g/mol. The second kappa shape index (κ2) is 11.9. The molecule has 61 heavy (non-hydrogen) atoms. The number of hydrogen-bond donors (Lipinski definition) is 0. The first kappa shape index (κ1) is 33.1. The van der Waals surface area contributed by atoms with Crippen LogP contribution in [0.5, 0.6) is 0 Å². The van der Waals surface area contributed by atoms with Gasteiger partial charge < -0.3 is 18.6 Å². The number of benzene rings is 9. The molecule has 0 unspecified atom stereocenters. The molecule has 0 spiro atoms. The van der Waals surface area contributed by atoms with Crippen LogP contribution in [0.3, 0.4) is 0 Å². The first-order valence-corrected chi connectivity index (χ1v) is 21.3. The van der Waals surface area contributed by atoms with Gasteiger partial charge in [-0.3, -0.25) is 0 Å². The lowest BCUT2D eigenvalue weighted by atomic mass is 9.33. The van der Waals surface area contributed by atoms with E-state index in [1.807, 2.05) is 0 Å². The fourth-order valence-electron chi connectivity index (χ4n) is 11.3. The zero-order valence-corrected chi connectivity index (χ0v) is 33.8. The van der Waals surface area contributed by atoms with Gasteiger partial charge in [0.25, 0.3) is 6.71 Å². The molecule has 0 saturated carbocycles. The minimum absolute atomic E-state index is 0.0375. The third-order valence-electron chi connectivity index (χ3n) is 13.7. The summed E-state index contributed by atoms with van der Waals surface area (Å²) in [5, 5.41) is 7.60. The van der Waals surface area contributed by atoms with Gasteiger partial charge in [-0.05, 0) is 97.0 Å². The van der Waals surface area contributed by atoms with Crippen molar-refractivity contribution >= 4 is 106 Å². The summed E-state index contributed by atoms with van der Waals surface area (Å²) >= 11 is 0. The van der Waals surface area contributed by atoms with Crippen molar-refractivity contribution in [1.29, 1.82) is 0 Å². The molecule has 0 bridgehead atoms. The van der Waals surface area contributed by atoms with E-state index in [9.17, 15) is 0 Å². The molecule has 5 heteroatoms. The van der Waals surface area contributed by atoms with Crippen LogP contribution >= 0.6 is 0 Å². The van der Waals surface area contributed by atoms with Gasteiger partial charge in [-0.1, -0.05) is 132 Å². The Bertz CT molecular complexity index is 3800. The summed E-state index contributed by atoms with van der Waals surface area (Å²) in [5.41, 5.74) is 21.0. The van der Waals surface area contributed by atoms with Gasteiger partial charge in [-0.25, -0.2) is 0 Å². The van der Waals surface area contributed by atoms with Crippen molar-refractivity contribution in [2.24, 2.45) is 0 Å². The fraction of sp³-hybridized carbons (Fsp3) is 0.0357. The minimum Gasteiger partial charge on any atom is -0.311 e. The molecule has 0 saturated heterocycles. The van der Waals surface area contributed by atoms with E-state index >= 15 is 0 Å². The first-order chi connectivity index (χ1) is 30.1. The van der Waals surface area contributed by atoms with Crippen molar-refractivity contribution in [1.82, 2.24) is 13.7 Å². The molecule has 4 nitrogen and oxygen atoms in total. The van der Waals surface area contributed by atoms with Crippen molar-refractivity contribution in [2.45, 2.75) is 13.8 Å². The van der Waals surface area contributed by atoms with Crippen LogP contribution in [0.1, 0.15) is 11.1 Å². The highest BCUT2D eigenvalue weighted by molar-refractivity contribution is 7.00. The summed E-state index contributed by atoms with van der Waals surface area (Å²) < 4.78 is 7.60. The zero-order chi connectivity index (χ0) is 40.1. The molecule has 2 aliphatic rings. The maximum absolute atomic E-state index is 2.66. The van der Waals surface area contributed by atoms with Crippen LogP contribution in [0.15, 0.2) is 188 Å². The number of fused-ring (bicyclic) bond motifs is 14. The van der Waals surface area contributed by atoms with Gasteiger partial charge in [0.15, 0.2) is 0 Å². The van der Waals surface area contributed by atoms with Crippen molar-refractivity contribution in [2.75, 3.05) is 4.90 Å². The second-order valence-electron chi connectivity index (χ2n) is 17.1. The third kappa shape index (κ3) is 4.29. The Morgan fingerprint density at radius 2 is 0.951 bits per heavy atom. The Labute approximate surface area is 352 Å². The van der Waals surface area contributed by atoms with Crippen LogP contribution in [0, 0.1) is 13.8 Å². The molecule has 0 amide bonds. The quantitative estimate of drug-likeness (QED) is 0.163. The summed E-state index contributed by atoms with van der Waals surface area (Å²) in [5.74, 6) is 0. The number of aryl methyl sites for hydroxylation is 2. The largest absolute Gasteiger partial charge is 0.311 e. The van der Waals surface area contributed by atoms with E-state index < -0.39 is 0 Å². The molecule has 0 N–H and O–H groups in total.